The lowest BCUT2D eigenvalue weighted by molar-refractivity contribution is 0.122. The fourth-order valence-electron chi connectivity index (χ4n) is 4.47. The summed E-state index contributed by atoms with van der Waals surface area (Å²) >= 11 is 5.96. The van der Waals surface area contributed by atoms with Gasteiger partial charge in [-0.05, 0) is 86.1 Å². The number of anilines is 1. The van der Waals surface area contributed by atoms with Crippen LogP contribution in [0.3, 0.4) is 0 Å². The molecule has 0 atom stereocenters. The van der Waals surface area contributed by atoms with Gasteiger partial charge in [-0.2, -0.15) is 0 Å². The molecule has 2 heterocycles. The maximum absolute atomic E-state index is 5.96. The first kappa shape index (κ1) is 24.2. The number of benzene rings is 3. The Bertz CT molecular complexity index is 1320. The third kappa shape index (κ3) is 5.64. The van der Waals surface area contributed by atoms with E-state index in [9.17, 15) is 0 Å². The van der Waals surface area contributed by atoms with Crippen molar-refractivity contribution in [1.29, 1.82) is 0 Å². The molecule has 5 rings (SSSR count). The molecule has 0 N–H and O–H groups in total. The van der Waals surface area contributed by atoms with E-state index in [-0.39, 0.29) is 0 Å². The highest BCUT2D eigenvalue weighted by molar-refractivity contribution is 6.30. The summed E-state index contributed by atoms with van der Waals surface area (Å²) in [5, 5.41) is 0.728. The largest absolute Gasteiger partial charge is 0.489 e. The number of aryl methyl sites for hydroxylation is 1. The molecule has 1 saturated heterocycles. The van der Waals surface area contributed by atoms with Crippen molar-refractivity contribution in [2.45, 2.75) is 20.5 Å². The van der Waals surface area contributed by atoms with Gasteiger partial charge in [-0.3, -0.25) is 4.99 Å². The van der Waals surface area contributed by atoms with E-state index in [0.717, 1.165) is 71.0 Å². The van der Waals surface area contributed by atoms with Gasteiger partial charge in [0.1, 0.15) is 12.4 Å². The number of nitrogens with zero attached hydrogens (tertiary/aromatic N) is 3. The molecule has 1 fully saturated rings. The van der Waals surface area contributed by atoms with Gasteiger partial charge in [0, 0.05) is 52.7 Å². The first-order valence-corrected chi connectivity index (χ1v) is 12.6. The smallest absolute Gasteiger partial charge is 0.119 e. The highest BCUT2D eigenvalue weighted by Gasteiger charge is 2.12. The first-order valence-electron chi connectivity index (χ1n) is 12.2. The van der Waals surface area contributed by atoms with Crippen LogP contribution in [-0.4, -0.2) is 37.1 Å². The summed E-state index contributed by atoms with van der Waals surface area (Å²) in [6, 6.07) is 26.5. The number of hydrogen-bond donors (Lipinski definition) is 0. The monoisotopic (exact) mass is 499 g/mol. The van der Waals surface area contributed by atoms with Crippen molar-refractivity contribution >= 4 is 29.2 Å². The zero-order valence-electron chi connectivity index (χ0n) is 20.7. The van der Waals surface area contributed by atoms with Gasteiger partial charge in [-0.1, -0.05) is 23.7 Å². The second kappa shape index (κ2) is 11.0. The molecule has 0 saturated carbocycles. The topological polar surface area (TPSA) is 39.0 Å². The normalized spacial score (nSPS) is 13.9. The predicted molar refractivity (Wildman–Crippen MR) is 148 cm³/mol. The Morgan fingerprint density at radius 3 is 2.25 bits per heavy atom. The van der Waals surface area contributed by atoms with E-state index in [1.165, 1.54) is 5.69 Å². The summed E-state index contributed by atoms with van der Waals surface area (Å²) in [6.45, 7) is 8.19. The maximum Gasteiger partial charge on any atom is 0.119 e. The van der Waals surface area contributed by atoms with E-state index < -0.39 is 0 Å². The predicted octanol–water partition coefficient (Wildman–Crippen LogP) is 6.91. The molecule has 0 unspecified atom stereocenters. The summed E-state index contributed by atoms with van der Waals surface area (Å²) in [6.07, 6.45) is 1.95. The van der Waals surface area contributed by atoms with Crippen molar-refractivity contribution in [3.05, 3.63) is 106 Å². The molecule has 0 bridgehead atoms. The second-order valence-electron chi connectivity index (χ2n) is 8.94. The summed E-state index contributed by atoms with van der Waals surface area (Å²) in [7, 11) is 0. The van der Waals surface area contributed by atoms with Crippen LogP contribution in [0.25, 0.3) is 5.69 Å². The van der Waals surface area contributed by atoms with Crippen LogP contribution in [0, 0.1) is 13.8 Å². The van der Waals surface area contributed by atoms with Gasteiger partial charge in [0.15, 0.2) is 0 Å². The SMILES string of the molecule is Cc1cc(C=Nc2ccc(N3CCOCC3)cc2)c(C)n1-c1ccc(OCc2ccc(Cl)cc2)cc1. The highest BCUT2D eigenvalue weighted by Crippen LogP contribution is 2.24. The Labute approximate surface area is 217 Å². The molecular formula is C30H30ClN3O2. The molecule has 6 heteroatoms. The fraction of sp³-hybridized carbons (Fsp3) is 0.233. The van der Waals surface area contributed by atoms with Crippen LogP contribution in [0.1, 0.15) is 22.5 Å². The minimum absolute atomic E-state index is 0.506. The molecule has 3 aromatic carbocycles. The van der Waals surface area contributed by atoms with Gasteiger partial charge in [0.25, 0.3) is 0 Å². The average Bonchev–Trinajstić information content (AvgIpc) is 3.21. The van der Waals surface area contributed by atoms with Crippen LogP contribution >= 0.6 is 11.6 Å². The van der Waals surface area contributed by atoms with E-state index in [0.29, 0.717) is 6.61 Å². The number of morpholine rings is 1. The number of aromatic nitrogens is 1. The van der Waals surface area contributed by atoms with Gasteiger partial charge in [0.05, 0.1) is 18.9 Å². The van der Waals surface area contributed by atoms with E-state index in [1.807, 2.05) is 42.6 Å². The zero-order chi connectivity index (χ0) is 24.9. The number of aliphatic imine (C=N–C) groups is 1. The van der Waals surface area contributed by atoms with Gasteiger partial charge in [-0.25, -0.2) is 0 Å². The van der Waals surface area contributed by atoms with Gasteiger partial charge >= 0.3 is 0 Å². The third-order valence-electron chi connectivity index (χ3n) is 6.46. The average molecular weight is 500 g/mol. The fourth-order valence-corrected chi connectivity index (χ4v) is 4.60. The Balaban J connectivity index is 1.25. The highest BCUT2D eigenvalue weighted by atomic mass is 35.5. The molecule has 1 aliphatic rings. The molecule has 0 radical (unpaired) electrons. The Morgan fingerprint density at radius 1 is 0.889 bits per heavy atom. The number of hydrogen-bond acceptors (Lipinski definition) is 4. The molecule has 5 nitrogen and oxygen atoms in total. The quantitative estimate of drug-likeness (QED) is 0.259. The van der Waals surface area contributed by atoms with Crippen LogP contribution in [0.2, 0.25) is 5.02 Å². The third-order valence-corrected chi connectivity index (χ3v) is 6.71. The first-order chi connectivity index (χ1) is 17.6. The minimum atomic E-state index is 0.506. The molecule has 0 spiro atoms. The second-order valence-corrected chi connectivity index (χ2v) is 9.38. The molecule has 184 valence electrons. The van der Waals surface area contributed by atoms with Crippen LogP contribution in [0.5, 0.6) is 5.75 Å². The van der Waals surface area contributed by atoms with E-state index in [4.69, 9.17) is 26.1 Å². The molecule has 36 heavy (non-hydrogen) atoms. The lowest BCUT2D eigenvalue weighted by Gasteiger charge is -2.28. The summed E-state index contributed by atoms with van der Waals surface area (Å²) in [4.78, 5) is 7.08. The van der Waals surface area contributed by atoms with Crippen LogP contribution in [0.4, 0.5) is 11.4 Å². The Hall–Kier alpha value is -3.54. The number of rotatable bonds is 7. The van der Waals surface area contributed by atoms with Gasteiger partial charge in [0.2, 0.25) is 0 Å². The molecule has 1 aliphatic heterocycles. The van der Waals surface area contributed by atoms with Crippen molar-refractivity contribution < 1.29 is 9.47 Å². The summed E-state index contributed by atoms with van der Waals surface area (Å²) in [5.41, 5.74) is 7.75. The van der Waals surface area contributed by atoms with Gasteiger partial charge < -0.3 is 18.9 Å². The lowest BCUT2D eigenvalue weighted by Crippen LogP contribution is -2.36. The number of halogens is 1. The maximum atomic E-state index is 5.96. The van der Waals surface area contributed by atoms with Crippen molar-refractivity contribution in [1.82, 2.24) is 4.57 Å². The minimum Gasteiger partial charge on any atom is -0.489 e. The van der Waals surface area contributed by atoms with Crippen molar-refractivity contribution in [2.75, 3.05) is 31.2 Å². The van der Waals surface area contributed by atoms with Crippen LogP contribution in [-0.2, 0) is 11.3 Å². The molecular weight excluding hydrogens is 470 g/mol. The Kier molecular flexibility index (Phi) is 7.40. The molecule has 1 aromatic heterocycles. The van der Waals surface area contributed by atoms with Crippen LogP contribution in [0.15, 0.2) is 83.9 Å². The molecule has 4 aromatic rings. The van der Waals surface area contributed by atoms with Crippen molar-refractivity contribution in [2.24, 2.45) is 4.99 Å². The summed E-state index contributed by atoms with van der Waals surface area (Å²) in [5.74, 6) is 0.832. The van der Waals surface area contributed by atoms with Crippen LogP contribution < -0.4 is 9.64 Å². The van der Waals surface area contributed by atoms with E-state index in [2.05, 4.69) is 65.8 Å². The Morgan fingerprint density at radius 2 is 1.56 bits per heavy atom. The van der Waals surface area contributed by atoms with E-state index >= 15 is 0 Å². The summed E-state index contributed by atoms with van der Waals surface area (Å²) < 4.78 is 13.6. The number of ether oxygens (including phenoxy) is 2. The van der Waals surface area contributed by atoms with E-state index in [1.54, 1.807) is 0 Å². The van der Waals surface area contributed by atoms with Crippen molar-refractivity contribution in [3.8, 4) is 11.4 Å². The lowest BCUT2D eigenvalue weighted by atomic mass is 10.2. The standard InChI is InChI=1S/C30H30ClN3O2/c1-22-19-25(20-32-27-7-9-28(10-8-27)33-15-17-35-18-16-33)23(2)34(22)29-11-13-30(14-12-29)36-21-24-3-5-26(31)6-4-24/h3-14,19-20H,15-18,21H2,1-2H3. The molecule has 0 amide bonds. The zero-order valence-corrected chi connectivity index (χ0v) is 21.4. The van der Waals surface area contributed by atoms with Crippen molar-refractivity contribution in [3.63, 3.8) is 0 Å². The van der Waals surface area contributed by atoms with Gasteiger partial charge in [-0.15, -0.1) is 0 Å². The molecule has 0 aliphatic carbocycles.